The second-order valence-corrected chi connectivity index (χ2v) is 7.50. The third kappa shape index (κ3) is 3.27. The lowest BCUT2D eigenvalue weighted by molar-refractivity contribution is -0.136. The van der Waals surface area contributed by atoms with Crippen LogP contribution in [0.4, 0.5) is 0 Å². The normalized spacial score (nSPS) is 23.6. The number of nitrogens with one attached hydrogen (secondary N) is 2. The Kier molecular flexibility index (Phi) is 4.78. The minimum absolute atomic E-state index is 0.125. The highest BCUT2D eigenvalue weighted by Crippen LogP contribution is 2.30. The fourth-order valence-corrected chi connectivity index (χ4v) is 4.29. The number of hydrogen-bond acceptors (Lipinski definition) is 5. The molecule has 2 N–H and O–H groups in total. The van der Waals surface area contributed by atoms with E-state index in [2.05, 4.69) is 10.6 Å². The summed E-state index contributed by atoms with van der Waals surface area (Å²) in [5, 5.41) is 5.73. The van der Waals surface area contributed by atoms with Crippen LogP contribution in [-0.4, -0.2) is 40.6 Å². The van der Waals surface area contributed by atoms with Crippen LogP contribution in [0, 0.1) is 0 Å². The molecule has 7 nitrogen and oxygen atoms in total. The number of rotatable bonds is 4. The van der Waals surface area contributed by atoms with Crippen LogP contribution in [0.3, 0.4) is 0 Å². The molecule has 2 heterocycles. The van der Waals surface area contributed by atoms with Gasteiger partial charge in [0.15, 0.2) is 0 Å². The van der Waals surface area contributed by atoms with Crippen molar-refractivity contribution in [2.45, 2.75) is 63.6 Å². The van der Waals surface area contributed by atoms with Gasteiger partial charge in [0.2, 0.25) is 11.8 Å². The number of carbonyl (C=O) groups is 4. The molecule has 1 atom stereocenters. The number of hydrogen-bond donors (Lipinski definition) is 2. The molecule has 1 unspecified atom stereocenters. The molecule has 2 fully saturated rings. The number of imide groups is 2. The number of amides is 4. The molecule has 1 aromatic rings. The molecule has 2 aliphatic heterocycles. The average Bonchev–Trinajstić information content (AvgIpc) is 2.93. The maximum Gasteiger partial charge on any atom is 0.262 e. The Morgan fingerprint density at radius 2 is 1.78 bits per heavy atom. The fraction of sp³-hybridized carbons (Fsp3) is 0.500. The molecule has 7 heteroatoms. The SMILES string of the molecule is O=C1CCC(N2C(=O)c3cccc(CNC4CCCCC4)c3C2=O)C(=O)N1. The van der Waals surface area contributed by atoms with Gasteiger partial charge in [-0.15, -0.1) is 0 Å². The van der Waals surface area contributed by atoms with Gasteiger partial charge in [0.1, 0.15) is 6.04 Å². The molecule has 0 radical (unpaired) electrons. The van der Waals surface area contributed by atoms with Crippen molar-refractivity contribution in [1.29, 1.82) is 0 Å². The third-order valence-electron chi connectivity index (χ3n) is 5.74. The number of nitrogens with zero attached hydrogens (tertiary/aromatic N) is 1. The van der Waals surface area contributed by atoms with Gasteiger partial charge in [-0.1, -0.05) is 31.4 Å². The first-order valence-corrected chi connectivity index (χ1v) is 9.63. The zero-order chi connectivity index (χ0) is 19.0. The number of benzene rings is 1. The van der Waals surface area contributed by atoms with E-state index in [1.807, 2.05) is 6.07 Å². The largest absolute Gasteiger partial charge is 0.310 e. The quantitative estimate of drug-likeness (QED) is 0.785. The van der Waals surface area contributed by atoms with Gasteiger partial charge in [-0.25, -0.2) is 0 Å². The minimum atomic E-state index is -0.922. The molecule has 27 heavy (non-hydrogen) atoms. The highest BCUT2D eigenvalue weighted by atomic mass is 16.2. The van der Waals surface area contributed by atoms with Crippen molar-refractivity contribution in [2.75, 3.05) is 0 Å². The lowest BCUT2D eigenvalue weighted by atomic mass is 9.95. The maximum atomic E-state index is 13.0. The summed E-state index contributed by atoms with van der Waals surface area (Å²) >= 11 is 0. The lowest BCUT2D eigenvalue weighted by Gasteiger charge is -2.28. The van der Waals surface area contributed by atoms with E-state index in [1.165, 1.54) is 19.3 Å². The van der Waals surface area contributed by atoms with Gasteiger partial charge in [-0.2, -0.15) is 0 Å². The molecule has 4 rings (SSSR count). The van der Waals surface area contributed by atoms with E-state index in [9.17, 15) is 19.2 Å². The fourth-order valence-electron chi connectivity index (χ4n) is 4.29. The second kappa shape index (κ2) is 7.23. The van der Waals surface area contributed by atoms with Gasteiger partial charge in [0.25, 0.3) is 11.8 Å². The Morgan fingerprint density at radius 1 is 1.00 bits per heavy atom. The molecule has 1 saturated heterocycles. The predicted molar refractivity (Wildman–Crippen MR) is 96.8 cm³/mol. The Morgan fingerprint density at radius 3 is 2.52 bits per heavy atom. The molecule has 4 amide bonds. The van der Waals surface area contributed by atoms with Gasteiger partial charge < -0.3 is 5.32 Å². The van der Waals surface area contributed by atoms with E-state index in [0.717, 1.165) is 23.3 Å². The van der Waals surface area contributed by atoms with Crippen LogP contribution in [-0.2, 0) is 16.1 Å². The molecule has 142 valence electrons. The average molecular weight is 369 g/mol. The van der Waals surface area contributed by atoms with E-state index in [1.54, 1.807) is 12.1 Å². The van der Waals surface area contributed by atoms with Crippen molar-refractivity contribution in [3.05, 3.63) is 34.9 Å². The van der Waals surface area contributed by atoms with Gasteiger partial charge in [-0.3, -0.25) is 29.4 Å². The standard InChI is InChI=1S/C20H23N3O4/c24-16-10-9-15(18(25)22-16)23-19(26)14-8-4-5-12(17(14)20(23)27)11-21-13-6-2-1-3-7-13/h4-5,8,13,15,21H,1-3,6-7,9-11H2,(H,22,24,25). The highest BCUT2D eigenvalue weighted by Gasteiger charge is 2.45. The van der Waals surface area contributed by atoms with Crippen molar-refractivity contribution < 1.29 is 19.2 Å². The molecular formula is C20H23N3O4. The first kappa shape index (κ1) is 17.9. The van der Waals surface area contributed by atoms with Gasteiger partial charge in [0.05, 0.1) is 11.1 Å². The van der Waals surface area contributed by atoms with E-state index >= 15 is 0 Å². The number of fused-ring (bicyclic) bond motifs is 1. The monoisotopic (exact) mass is 369 g/mol. The molecular weight excluding hydrogens is 346 g/mol. The zero-order valence-corrected chi connectivity index (χ0v) is 15.1. The first-order valence-electron chi connectivity index (χ1n) is 9.63. The summed E-state index contributed by atoms with van der Waals surface area (Å²) in [7, 11) is 0. The lowest BCUT2D eigenvalue weighted by Crippen LogP contribution is -2.54. The van der Waals surface area contributed by atoms with Crippen LogP contribution in [0.15, 0.2) is 18.2 Å². The van der Waals surface area contributed by atoms with Crippen LogP contribution in [0.5, 0.6) is 0 Å². The first-order chi connectivity index (χ1) is 13.1. The van der Waals surface area contributed by atoms with Crippen LogP contribution >= 0.6 is 0 Å². The van der Waals surface area contributed by atoms with E-state index in [-0.39, 0.29) is 18.7 Å². The smallest absolute Gasteiger partial charge is 0.262 e. The summed E-state index contributed by atoms with van der Waals surface area (Å²) in [5.41, 5.74) is 1.51. The van der Waals surface area contributed by atoms with Crippen molar-refractivity contribution in [2.24, 2.45) is 0 Å². The summed E-state index contributed by atoms with van der Waals surface area (Å²) in [6.45, 7) is 0.524. The Labute approximate surface area is 157 Å². The van der Waals surface area contributed by atoms with Crippen molar-refractivity contribution in [1.82, 2.24) is 15.5 Å². The van der Waals surface area contributed by atoms with E-state index < -0.39 is 23.8 Å². The molecule has 0 aromatic heterocycles. The number of piperidine rings is 1. The summed E-state index contributed by atoms with van der Waals surface area (Å²) in [6.07, 6.45) is 6.25. The van der Waals surface area contributed by atoms with Crippen LogP contribution in [0.1, 0.15) is 71.2 Å². The van der Waals surface area contributed by atoms with Crippen LogP contribution in [0.2, 0.25) is 0 Å². The van der Waals surface area contributed by atoms with Crippen molar-refractivity contribution in [3.63, 3.8) is 0 Å². The molecule has 0 bridgehead atoms. The Balaban J connectivity index is 1.55. The molecule has 1 aliphatic carbocycles. The zero-order valence-electron chi connectivity index (χ0n) is 15.1. The van der Waals surface area contributed by atoms with Gasteiger partial charge in [-0.05, 0) is 30.9 Å². The highest BCUT2D eigenvalue weighted by molar-refractivity contribution is 6.24. The van der Waals surface area contributed by atoms with Gasteiger partial charge >= 0.3 is 0 Å². The minimum Gasteiger partial charge on any atom is -0.310 e. The predicted octanol–water partition coefficient (Wildman–Crippen LogP) is 1.51. The summed E-state index contributed by atoms with van der Waals surface area (Å²) in [6, 6.07) is 4.78. The summed E-state index contributed by atoms with van der Waals surface area (Å²) in [5.74, 6) is -1.84. The van der Waals surface area contributed by atoms with Crippen molar-refractivity contribution >= 4 is 23.6 Å². The molecule has 1 aromatic carbocycles. The third-order valence-corrected chi connectivity index (χ3v) is 5.74. The topological polar surface area (TPSA) is 95.6 Å². The van der Waals surface area contributed by atoms with Crippen LogP contribution < -0.4 is 10.6 Å². The molecule has 3 aliphatic rings. The Hall–Kier alpha value is -2.54. The summed E-state index contributed by atoms with van der Waals surface area (Å²) < 4.78 is 0. The molecule has 0 spiro atoms. The maximum absolute atomic E-state index is 13.0. The second-order valence-electron chi connectivity index (χ2n) is 7.50. The van der Waals surface area contributed by atoms with E-state index in [4.69, 9.17) is 0 Å². The van der Waals surface area contributed by atoms with Crippen molar-refractivity contribution in [3.8, 4) is 0 Å². The van der Waals surface area contributed by atoms with E-state index in [0.29, 0.717) is 23.7 Å². The molecule has 1 saturated carbocycles. The summed E-state index contributed by atoms with van der Waals surface area (Å²) in [4.78, 5) is 50.4. The van der Waals surface area contributed by atoms with Gasteiger partial charge in [0, 0.05) is 19.0 Å². The number of carbonyl (C=O) groups excluding carboxylic acids is 4. The Bertz CT molecular complexity index is 813. The van der Waals surface area contributed by atoms with Crippen LogP contribution in [0.25, 0.3) is 0 Å².